The van der Waals surface area contributed by atoms with Crippen LogP contribution in [0, 0.1) is 12.8 Å². The van der Waals surface area contributed by atoms with E-state index in [-0.39, 0.29) is 54.4 Å². The van der Waals surface area contributed by atoms with Gasteiger partial charge in [-0.2, -0.15) is 5.06 Å². The van der Waals surface area contributed by atoms with Gasteiger partial charge in [0.15, 0.2) is 12.6 Å². The summed E-state index contributed by atoms with van der Waals surface area (Å²) in [6.45, 7) is 16.7. The van der Waals surface area contributed by atoms with Crippen LogP contribution in [0.1, 0.15) is 132 Å². The van der Waals surface area contributed by atoms with Crippen molar-refractivity contribution in [2.24, 2.45) is 5.92 Å². The van der Waals surface area contributed by atoms with Crippen molar-refractivity contribution < 1.29 is 69.7 Å². The van der Waals surface area contributed by atoms with Crippen LogP contribution in [0.3, 0.4) is 0 Å². The molecule has 5 aromatic rings. The molecule has 3 amide bonds. The number of benzene rings is 4. The molecule has 0 aliphatic rings. The molecule has 0 fully saturated rings. The first-order valence-corrected chi connectivity index (χ1v) is 28.4. The van der Waals surface area contributed by atoms with Gasteiger partial charge in [0.1, 0.15) is 22.8 Å². The standard InChI is InChI=1S/C56H73N3O15P2/c1-11-14-17-28-46(47(12-2)59(38-60)72-54(63)51-40(4)23-22-29-49(51)67-39-70-76(65,73-55(5,6)7)74-56(8,9)10)52(61)57-37-58-53(62)50-31-30-48(71-50)43-32-44(66-13-3)34-45(33-43)75(64,68-35-41-24-18-15-19-25-41)69-36-42-26-20-16-21-27-42/h15-16,18-27,29-34,38,46-47H,11-14,17,28,35-37,39H2,1-10H3,(H,57,61)(H,58,62). The molecule has 76 heavy (non-hydrogen) atoms. The molecule has 0 aliphatic carbocycles. The average molecular weight is 1090 g/mol. The van der Waals surface area contributed by atoms with Crippen LogP contribution >= 0.6 is 15.4 Å². The highest BCUT2D eigenvalue weighted by molar-refractivity contribution is 7.62. The van der Waals surface area contributed by atoms with Crippen LogP contribution in [0.25, 0.3) is 11.3 Å². The molecule has 0 saturated carbocycles. The molecule has 4 aromatic carbocycles. The molecule has 412 valence electrons. The molecule has 20 heteroatoms. The van der Waals surface area contributed by atoms with Crippen molar-refractivity contribution >= 4 is 44.9 Å². The van der Waals surface area contributed by atoms with Crippen LogP contribution < -0.4 is 25.4 Å². The van der Waals surface area contributed by atoms with E-state index in [1.807, 2.05) is 74.5 Å². The number of nitrogens with one attached hydrogen (secondary N) is 2. The number of furan rings is 1. The first-order valence-electron chi connectivity index (χ1n) is 25.4. The zero-order chi connectivity index (χ0) is 55.5. The molecular formula is C56H73N3O15P2. The first-order chi connectivity index (χ1) is 36.1. The lowest BCUT2D eigenvalue weighted by Crippen LogP contribution is -2.49. The van der Waals surface area contributed by atoms with Gasteiger partial charge in [0.25, 0.3) is 5.91 Å². The summed E-state index contributed by atoms with van der Waals surface area (Å²) in [6.07, 6.45) is 3.12. The molecule has 0 saturated heterocycles. The van der Waals surface area contributed by atoms with Gasteiger partial charge >= 0.3 is 21.4 Å². The van der Waals surface area contributed by atoms with Crippen LogP contribution in [-0.2, 0) is 59.4 Å². The van der Waals surface area contributed by atoms with E-state index in [2.05, 4.69) is 10.6 Å². The highest BCUT2D eigenvalue weighted by Gasteiger charge is 2.39. The lowest BCUT2D eigenvalue weighted by atomic mass is 9.90. The van der Waals surface area contributed by atoms with Gasteiger partial charge in [0.05, 0.1) is 55.0 Å². The Balaban J connectivity index is 1.29. The maximum Gasteiger partial charge on any atom is 0.478 e. The van der Waals surface area contributed by atoms with Crippen LogP contribution in [0.15, 0.2) is 114 Å². The molecule has 2 atom stereocenters. The normalized spacial score (nSPS) is 12.8. The summed E-state index contributed by atoms with van der Waals surface area (Å²) in [4.78, 5) is 60.1. The van der Waals surface area contributed by atoms with E-state index in [4.69, 9.17) is 41.3 Å². The van der Waals surface area contributed by atoms with E-state index in [0.29, 0.717) is 42.7 Å². The molecule has 5 rings (SSSR count). The van der Waals surface area contributed by atoms with Gasteiger partial charge in [0.2, 0.25) is 12.3 Å². The maximum atomic E-state index is 14.8. The monoisotopic (exact) mass is 1090 g/mol. The summed E-state index contributed by atoms with van der Waals surface area (Å²) in [5, 5.41) is 6.46. The van der Waals surface area contributed by atoms with E-state index in [0.717, 1.165) is 29.0 Å². The zero-order valence-electron chi connectivity index (χ0n) is 45.2. The Kier molecular flexibility index (Phi) is 22.6. The van der Waals surface area contributed by atoms with Crippen molar-refractivity contribution in [3.05, 3.63) is 137 Å². The van der Waals surface area contributed by atoms with Gasteiger partial charge in [0, 0.05) is 5.56 Å². The van der Waals surface area contributed by atoms with Crippen molar-refractivity contribution in [2.45, 2.75) is 132 Å². The molecule has 0 aliphatic heterocycles. The van der Waals surface area contributed by atoms with E-state index in [9.17, 15) is 28.3 Å². The predicted octanol–water partition coefficient (Wildman–Crippen LogP) is 12.0. The van der Waals surface area contributed by atoms with Crippen molar-refractivity contribution in [3.63, 3.8) is 0 Å². The minimum absolute atomic E-state index is 0.00137. The van der Waals surface area contributed by atoms with Gasteiger partial charge in [-0.15, -0.1) is 0 Å². The second kappa shape index (κ2) is 28.3. The number of carbonyl (C=O) groups excluding carboxylic acids is 4. The van der Waals surface area contributed by atoms with Crippen molar-refractivity contribution in [1.82, 2.24) is 15.7 Å². The molecule has 2 unspecified atom stereocenters. The largest absolute Gasteiger partial charge is 0.494 e. The highest BCUT2D eigenvalue weighted by Crippen LogP contribution is 2.55. The van der Waals surface area contributed by atoms with Gasteiger partial charge in [-0.25, -0.2) is 13.9 Å². The van der Waals surface area contributed by atoms with E-state index in [1.165, 1.54) is 12.1 Å². The van der Waals surface area contributed by atoms with Gasteiger partial charge in [-0.3, -0.25) is 28.0 Å². The number of hydrogen-bond donors (Lipinski definition) is 2. The third-order valence-corrected chi connectivity index (χ3v) is 15.0. The summed E-state index contributed by atoms with van der Waals surface area (Å²) in [7, 11) is -8.21. The number of unbranched alkanes of at least 4 members (excludes halogenated alkanes) is 2. The number of rotatable bonds is 30. The summed E-state index contributed by atoms with van der Waals surface area (Å²) in [5.74, 6) is -2.46. The number of nitrogens with zero attached hydrogens (tertiary/aromatic N) is 1. The zero-order valence-corrected chi connectivity index (χ0v) is 46.9. The van der Waals surface area contributed by atoms with Crippen LogP contribution in [0.5, 0.6) is 11.5 Å². The Morgan fingerprint density at radius 2 is 1.37 bits per heavy atom. The van der Waals surface area contributed by atoms with E-state index < -0.39 is 63.2 Å². The van der Waals surface area contributed by atoms with Crippen LogP contribution in [0.4, 0.5) is 0 Å². The number of phosphoric ester groups is 1. The fourth-order valence-corrected chi connectivity index (χ4v) is 11.1. The van der Waals surface area contributed by atoms with Crippen LogP contribution in [-0.4, -0.2) is 66.6 Å². The second-order valence-electron chi connectivity index (χ2n) is 19.7. The molecule has 2 N–H and O–H groups in total. The number of hydroxylamine groups is 2. The lowest BCUT2D eigenvalue weighted by Gasteiger charge is -2.32. The number of aryl methyl sites for hydroxylation is 1. The Morgan fingerprint density at radius 1 is 0.737 bits per heavy atom. The molecule has 0 spiro atoms. The SMILES string of the molecule is CCCCCC(C(=O)NCNC(=O)c1ccc(-c2cc(OCC)cc(P(=O)(OCc3ccccc3)OCc3ccccc3)c2)o1)C(CC)N(C=O)OC(=O)c1c(C)cccc1OCOP(=O)(OC(C)(C)C)OC(C)(C)C. The number of carbonyl (C=O) groups is 4. The summed E-state index contributed by atoms with van der Waals surface area (Å²) in [5.41, 5.74) is 0.593. The quantitative estimate of drug-likeness (QED) is 0.0144. The average Bonchev–Trinajstić information content (AvgIpc) is 3.87. The third kappa shape index (κ3) is 18.6. The van der Waals surface area contributed by atoms with E-state index in [1.54, 1.807) is 91.8 Å². The Labute approximate surface area is 446 Å². The molecule has 0 radical (unpaired) electrons. The minimum Gasteiger partial charge on any atom is -0.494 e. The second-order valence-corrected chi connectivity index (χ2v) is 23.2. The summed E-state index contributed by atoms with van der Waals surface area (Å²) in [6, 6.07) is 30.4. The fourth-order valence-electron chi connectivity index (χ4n) is 7.81. The van der Waals surface area contributed by atoms with Gasteiger partial charge < -0.3 is 38.4 Å². The van der Waals surface area contributed by atoms with Crippen molar-refractivity contribution in [2.75, 3.05) is 20.1 Å². The third-order valence-electron chi connectivity index (χ3n) is 11.2. The first kappa shape index (κ1) is 60.8. The Morgan fingerprint density at radius 3 is 1.93 bits per heavy atom. The minimum atomic E-state index is -4.18. The van der Waals surface area contributed by atoms with Crippen LogP contribution in [0.2, 0.25) is 0 Å². The number of amides is 3. The molecule has 1 aromatic heterocycles. The maximum absolute atomic E-state index is 14.8. The Hall–Kier alpha value is -6.10. The number of ether oxygens (including phenoxy) is 2. The molecule has 0 bridgehead atoms. The number of hydrogen-bond acceptors (Lipinski definition) is 15. The summed E-state index contributed by atoms with van der Waals surface area (Å²) >= 11 is 0. The van der Waals surface area contributed by atoms with Crippen molar-refractivity contribution in [3.8, 4) is 22.8 Å². The van der Waals surface area contributed by atoms with E-state index >= 15 is 0 Å². The molecule has 18 nitrogen and oxygen atoms in total. The predicted molar refractivity (Wildman–Crippen MR) is 288 cm³/mol. The summed E-state index contributed by atoms with van der Waals surface area (Å²) < 4.78 is 75.3. The number of phosphoric acid groups is 1. The van der Waals surface area contributed by atoms with Crippen molar-refractivity contribution in [1.29, 1.82) is 0 Å². The Bertz CT molecular complexity index is 2710. The van der Waals surface area contributed by atoms with Gasteiger partial charge in [-0.05, 0) is 121 Å². The topological polar surface area (TPSA) is 217 Å². The lowest BCUT2D eigenvalue weighted by molar-refractivity contribution is -0.171. The molecular weight excluding hydrogens is 1020 g/mol. The van der Waals surface area contributed by atoms with Gasteiger partial charge in [-0.1, -0.05) is 106 Å². The highest BCUT2D eigenvalue weighted by atomic mass is 31.2. The fraction of sp³-hybridized carbons (Fsp3) is 0.429. The smallest absolute Gasteiger partial charge is 0.478 e. The molecule has 1 heterocycles.